The van der Waals surface area contributed by atoms with Gasteiger partial charge in [-0.3, -0.25) is 0 Å². The quantitative estimate of drug-likeness (QED) is 0.636. The fourth-order valence-corrected chi connectivity index (χ4v) is 1.69. The van der Waals surface area contributed by atoms with Crippen LogP contribution >= 0.6 is 0 Å². The summed E-state index contributed by atoms with van der Waals surface area (Å²) in [4.78, 5) is 0. The van der Waals surface area contributed by atoms with Gasteiger partial charge in [0.15, 0.2) is 0 Å². The molecule has 0 amide bonds. The van der Waals surface area contributed by atoms with E-state index in [9.17, 15) is 5.11 Å². The van der Waals surface area contributed by atoms with Gasteiger partial charge in [-0.25, -0.2) is 0 Å². The third kappa shape index (κ3) is 1.86. The van der Waals surface area contributed by atoms with Gasteiger partial charge in [-0.1, -0.05) is 18.7 Å². The van der Waals surface area contributed by atoms with E-state index in [2.05, 4.69) is 13.2 Å². The highest BCUT2D eigenvalue weighted by Crippen LogP contribution is 2.27. The molecule has 0 heterocycles. The second-order valence-corrected chi connectivity index (χ2v) is 3.16. The first-order valence-electron chi connectivity index (χ1n) is 4.43. The van der Waals surface area contributed by atoms with Crippen LogP contribution in [0.5, 0.6) is 0 Å². The summed E-state index contributed by atoms with van der Waals surface area (Å²) in [6.45, 7) is 7.43. The summed E-state index contributed by atoms with van der Waals surface area (Å²) in [5, 5.41) is 9.65. The van der Waals surface area contributed by atoms with Gasteiger partial charge in [0.1, 0.15) is 0 Å². The van der Waals surface area contributed by atoms with Crippen LogP contribution in [-0.4, -0.2) is 11.2 Å². The minimum Gasteiger partial charge on any atom is -0.389 e. The van der Waals surface area contributed by atoms with E-state index in [4.69, 9.17) is 0 Å². The molecule has 1 rings (SSSR count). The average Bonchev–Trinajstić information content (AvgIpc) is 2.09. The summed E-state index contributed by atoms with van der Waals surface area (Å²) in [6, 6.07) is 0. The molecule has 1 aliphatic rings. The lowest BCUT2D eigenvalue weighted by Gasteiger charge is -2.22. The van der Waals surface area contributed by atoms with Gasteiger partial charge in [0.25, 0.3) is 0 Å². The first-order chi connectivity index (χ1) is 5.79. The number of hydrogen-bond donors (Lipinski definition) is 1. The van der Waals surface area contributed by atoms with Crippen molar-refractivity contribution in [2.75, 3.05) is 0 Å². The monoisotopic (exact) mass is 164 g/mol. The van der Waals surface area contributed by atoms with E-state index in [-0.39, 0.29) is 6.10 Å². The lowest BCUT2D eigenvalue weighted by atomic mass is 9.87. The maximum absolute atomic E-state index is 9.65. The molecule has 1 heteroatoms. The molecule has 0 aliphatic heterocycles. The van der Waals surface area contributed by atoms with Gasteiger partial charge >= 0.3 is 0 Å². The molecule has 0 fully saturated rings. The molecule has 1 atom stereocenters. The van der Waals surface area contributed by atoms with E-state index in [0.717, 1.165) is 31.3 Å². The van der Waals surface area contributed by atoms with Crippen molar-refractivity contribution in [2.24, 2.45) is 0 Å². The summed E-state index contributed by atoms with van der Waals surface area (Å²) in [7, 11) is 0. The Kier molecular flexibility index (Phi) is 3.30. The predicted molar refractivity (Wildman–Crippen MR) is 51.9 cm³/mol. The standard InChI is InChI=1S/C11H16O/c1-3-6-10-9(4-2)7-5-8-11(10)12/h3-4,11-12H,1-2,5-8H2/t11-/m0/s1. The summed E-state index contributed by atoms with van der Waals surface area (Å²) in [5.74, 6) is 0. The third-order valence-corrected chi connectivity index (χ3v) is 2.35. The first-order valence-corrected chi connectivity index (χ1v) is 4.43. The molecule has 0 unspecified atom stereocenters. The summed E-state index contributed by atoms with van der Waals surface area (Å²) >= 11 is 0. The van der Waals surface area contributed by atoms with Crippen LogP contribution in [0, 0.1) is 0 Å². The van der Waals surface area contributed by atoms with Crippen LogP contribution in [0.1, 0.15) is 25.7 Å². The molecule has 0 saturated heterocycles. The van der Waals surface area contributed by atoms with Gasteiger partial charge in [-0.2, -0.15) is 0 Å². The molecule has 0 bridgehead atoms. The fraction of sp³-hybridized carbons (Fsp3) is 0.455. The van der Waals surface area contributed by atoms with E-state index in [0.29, 0.717) is 0 Å². The minimum atomic E-state index is -0.259. The molecule has 66 valence electrons. The van der Waals surface area contributed by atoms with Crippen molar-refractivity contribution in [1.29, 1.82) is 0 Å². The van der Waals surface area contributed by atoms with Gasteiger partial charge < -0.3 is 5.11 Å². The van der Waals surface area contributed by atoms with Crippen molar-refractivity contribution >= 4 is 0 Å². The van der Waals surface area contributed by atoms with Gasteiger partial charge in [0.05, 0.1) is 6.10 Å². The topological polar surface area (TPSA) is 20.2 Å². The van der Waals surface area contributed by atoms with Crippen LogP contribution in [0.4, 0.5) is 0 Å². The number of hydrogen-bond acceptors (Lipinski definition) is 1. The molecule has 0 aromatic heterocycles. The summed E-state index contributed by atoms with van der Waals surface area (Å²) < 4.78 is 0. The van der Waals surface area contributed by atoms with Crippen LogP contribution in [0.15, 0.2) is 36.5 Å². The van der Waals surface area contributed by atoms with Crippen molar-refractivity contribution in [3.63, 3.8) is 0 Å². The molecule has 1 N–H and O–H groups in total. The summed E-state index contributed by atoms with van der Waals surface area (Å²) in [6.07, 6.45) is 7.26. The fourth-order valence-electron chi connectivity index (χ4n) is 1.69. The lowest BCUT2D eigenvalue weighted by molar-refractivity contribution is 0.187. The molecular formula is C11H16O. The third-order valence-electron chi connectivity index (χ3n) is 2.35. The molecule has 0 aromatic carbocycles. The van der Waals surface area contributed by atoms with E-state index < -0.39 is 0 Å². The predicted octanol–water partition coefficient (Wildman–Crippen LogP) is 2.59. The Balaban J connectivity index is 2.86. The van der Waals surface area contributed by atoms with Gasteiger partial charge in [0.2, 0.25) is 0 Å². The Bertz CT molecular complexity index is 213. The van der Waals surface area contributed by atoms with Crippen molar-refractivity contribution < 1.29 is 5.11 Å². The Morgan fingerprint density at radius 2 is 2.25 bits per heavy atom. The van der Waals surface area contributed by atoms with E-state index >= 15 is 0 Å². The van der Waals surface area contributed by atoms with Crippen molar-refractivity contribution in [2.45, 2.75) is 31.8 Å². The smallest absolute Gasteiger partial charge is 0.0758 e. The summed E-state index contributed by atoms with van der Waals surface area (Å²) in [5.41, 5.74) is 2.33. The minimum absolute atomic E-state index is 0.259. The number of aliphatic hydroxyl groups is 1. The van der Waals surface area contributed by atoms with Gasteiger partial charge in [-0.15, -0.1) is 6.58 Å². The zero-order valence-electron chi connectivity index (χ0n) is 7.42. The number of aliphatic hydroxyl groups excluding tert-OH is 1. The van der Waals surface area contributed by atoms with Crippen LogP contribution in [-0.2, 0) is 0 Å². The van der Waals surface area contributed by atoms with Crippen molar-refractivity contribution in [3.8, 4) is 0 Å². The van der Waals surface area contributed by atoms with Crippen LogP contribution in [0.25, 0.3) is 0 Å². The molecule has 0 aromatic rings. The largest absolute Gasteiger partial charge is 0.389 e. The zero-order valence-corrected chi connectivity index (χ0v) is 7.42. The van der Waals surface area contributed by atoms with E-state index in [1.165, 1.54) is 5.57 Å². The molecular weight excluding hydrogens is 148 g/mol. The average molecular weight is 164 g/mol. The molecule has 0 spiro atoms. The van der Waals surface area contributed by atoms with Crippen LogP contribution in [0.3, 0.4) is 0 Å². The Hall–Kier alpha value is -0.820. The molecule has 1 aliphatic carbocycles. The number of allylic oxidation sites excluding steroid dienone is 3. The second kappa shape index (κ2) is 4.27. The molecule has 12 heavy (non-hydrogen) atoms. The second-order valence-electron chi connectivity index (χ2n) is 3.16. The highest BCUT2D eigenvalue weighted by molar-refractivity contribution is 5.30. The normalized spacial score (nSPS) is 23.9. The molecule has 0 saturated carbocycles. The Labute approximate surface area is 74.1 Å². The zero-order chi connectivity index (χ0) is 8.97. The first kappa shape index (κ1) is 9.27. The molecule has 0 radical (unpaired) electrons. The van der Waals surface area contributed by atoms with Gasteiger partial charge in [-0.05, 0) is 36.8 Å². The van der Waals surface area contributed by atoms with Gasteiger partial charge in [0, 0.05) is 0 Å². The number of rotatable bonds is 3. The highest BCUT2D eigenvalue weighted by Gasteiger charge is 2.17. The van der Waals surface area contributed by atoms with E-state index in [1.807, 2.05) is 12.2 Å². The van der Waals surface area contributed by atoms with Crippen molar-refractivity contribution in [1.82, 2.24) is 0 Å². The molecule has 1 nitrogen and oxygen atoms in total. The van der Waals surface area contributed by atoms with Crippen LogP contribution in [0.2, 0.25) is 0 Å². The highest BCUT2D eigenvalue weighted by atomic mass is 16.3. The van der Waals surface area contributed by atoms with Crippen LogP contribution < -0.4 is 0 Å². The van der Waals surface area contributed by atoms with Crippen molar-refractivity contribution in [3.05, 3.63) is 36.5 Å². The maximum Gasteiger partial charge on any atom is 0.0758 e. The lowest BCUT2D eigenvalue weighted by Crippen LogP contribution is -2.16. The van der Waals surface area contributed by atoms with E-state index in [1.54, 1.807) is 0 Å². The maximum atomic E-state index is 9.65. The Morgan fingerprint density at radius 1 is 1.50 bits per heavy atom. The SMILES string of the molecule is C=CCC1=C(C=C)CCC[C@@H]1O. The Morgan fingerprint density at radius 3 is 2.83 bits per heavy atom.